The summed E-state index contributed by atoms with van der Waals surface area (Å²) >= 11 is 0. The van der Waals surface area contributed by atoms with Crippen LogP contribution in [0.3, 0.4) is 0 Å². The molecule has 0 aliphatic carbocycles. The van der Waals surface area contributed by atoms with Crippen molar-refractivity contribution >= 4 is 33.8 Å². The van der Waals surface area contributed by atoms with Gasteiger partial charge in [0.25, 0.3) is 0 Å². The van der Waals surface area contributed by atoms with Crippen molar-refractivity contribution in [2.75, 3.05) is 33.5 Å². The summed E-state index contributed by atoms with van der Waals surface area (Å²) in [7, 11) is -3.52. The Balaban J connectivity index is 0.00000648. The summed E-state index contributed by atoms with van der Waals surface area (Å²) in [6, 6.07) is 5.26. The number of methoxy groups -OCH3 is 1. The molecular weight excluding hydrogens is 511 g/mol. The number of hydrogen-bond acceptors (Lipinski definition) is 12. The summed E-state index contributed by atoms with van der Waals surface area (Å²) < 4.78 is 59.1. The number of Topliss-reactive ketones (excluding diaryl/α,β-unsaturated/α-hetero) is 1. The van der Waals surface area contributed by atoms with Crippen LogP contribution in [0.5, 0.6) is 0 Å². The summed E-state index contributed by atoms with van der Waals surface area (Å²) in [5, 5.41) is 0. The number of benzene rings is 1. The number of esters is 3. The van der Waals surface area contributed by atoms with Gasteiger partial charge >= 0.3 is 47.5 Å². The molecule has 2 rings (SSSR count). The van der Waals surface area contributed by atoms with Crippen molar-refractivity contribution in [2.24, 2.45) is 0 Å². The molecule has 1 aromatic heterocycles. The SMILES string of the molecule is COCCCOC(=O)c1cc(C(=O)OCCCOC(=O)c2ccc(C(C)=O)o2)cc(S(=O)(=O)[O-])c1.[Na+]. The minimum absolute atomic E-state index is 0. The summed E-state index contributed by atoms with van der Waals surface area (Å²) in [5.41, 5.74) is -0.668. The number of carbonyl (C=O) groups excluding carboxylic acids is 4. The maximum atomic E-state index is 12.3. The van der Waals surface area contributed by atoms with Crippen LogP contribution >= 0.6 is 0 Å². The van der Waals surface area contributed by atoms with E-state index in [0.29, 0.717) is 13.0 Å². The summed E-state index contributed by atoms with van der Waals surface area (Å²) in [6.45, 7) is 1.20. The predicted octanol–water partition coefficient (Wildman–Crippen LogP) is -1.01. The van der Waals surface area contributed by atoms with Crippen molar-refractivity contribution in [3.8, 4) is 0 Å². The second kappa shape index (κ2) is 14.9. The van der Waals surface area contributed by atoms with Crippen molar-refractivity contribution in [3.63, 3.8) is 0 Å². The Kier molecular flexibility index (Phi) is 13.0. The van der Waals surface area contributed by atoms with Gasteiger partial charge in [0.15, 0.2) is 11.5 Å². The van der Waals surface area contributed by atoms with Crippen molar-refractivity contribution < 1.29 is 85.1 Å². The second-order valence-corrected chi connectivity index (χ2v) is 8.41. The van der Waals surface area contributed by atoms with Crippen LogP contribution in [0.25, 0.3) is 0 Å². The van der Waals surface area contributed by atoms with Crippen LogP contribution in [0.1, 0.15) is 61.6 Å². The van der Waals surface area contributed by atoms with Crippen LogP contribution in [0.2, 0.25) is 0 Å². The van der Waals surface area contributed by atoms with E-state index >= 15 is 0 Å². The van der Waals surface area contributed by atoms with Gasteiger partial charge in [0, 0.05) is 33.5 Å². The van der Waals surface area contributed by atoms with E-state index in [1.165, 1.54) is 26.2 Å². The second-order valence-electron chi connectivity index (χ2n) is 7.03. The summed E-state index contributed by atoms with van der Waals surface area (Å²) in [4.78, 5) is 46.8. The molecule has 0 saturated carbocycles. The van der Waals surface area contributed by atoms with E-state index in [1.54, 1.807) is 0 Å². The number of ketones is 1. The molecule has 12 nitrogen and oxygen atoms in total. The minimum Gasteiger partial charge on any atom is -0.744 e. The number of rotatable bonds is 13. The molecule has 1 heterocycles. The van der Waals surface area contributed by atoms with Gasteiger partial charge in [0.05, 0.1) is 35.8 Å². The Labute approximate surface area is 229 Å². The fourth-order valence-electron chi connectivity index (χ4n) is 2.61. The first-order chi connectivity index (χ1) is 16.5. The van der Waals surface area contributed by atoms with Crippen LogP contribution in [0, 0.1) is 0 Å². The molecule has 0 saturated heterocycles. The van der Waals surface area contributed by atoms with E-state index in [0.717, 1.165) is 18.2 Å². The zero-order valence-corrected chi connectivity index (χ0v) is 22.8. The molecule has 0 fully saturated rings. The molecule has 0 atom stereocenters. The Morgan fingerprint density at radius 1 is 0.806 bits per heavy atom. The Bertz CT molecular complexity index is 1190. The normalized spacial score (nSPS) is 10.8. The molecule has 0 unspecified atom stereocenters. The van der Waals surface area contributed by atoms with Crippen LogP contribution in [0.15, 0.2) is 39.6 Å². The number of ether oxygens (including phenoxy) is 4. The molecule has 0 N–H and O–H groups in total. The van der Waals surface area contributed by atoms with Gasteiger partial charge in [-0.05, 0) is 30.3 Å². The topological polar surface area (TPSA) is 176 Å². The Hall–Kier alpha value is -2.55. The fraction of sp³-hybridized carbons (Fsp3) is 0.364. The first kappa shape index (κ1) is 31.5. The first-order valence-electron chi connectivity index (χ1n) is 10.2. The quantitative estimate of drug-likeness (QED) is 0.0765. The van der Waals surface area contributed by atoms with Crippen LogP contribution in [-0.4, -0.2) is 70.2 Å². The molecular formula is C22H23NaO12S. The van der Waals surface area contributed by atoms with Gasteiger partial charge in [-0.2, -0.15) is 0 Å². The molecule has 1 aromatic carbocycles. The van der Waals surface area contributed by atoms with Crippen molar-refractivity contribution in [3.05, 3.63) is 53.0 Å². The van der Waals surface area contributed by atoms with Gasteiger partial charge < -0.3 is 27.9 Å². The third-order valence-electron chi connectivity index (χ3n) is 4.30. The monoisotopic (exact) mass is 534 g/mol. The van der Waals surface area contributed by atoms with E-state index in [-0.39, 0.29) is 84.2 Å². The molecule has 0 aliphatic heterocycles. The zero-order valence-electron chi connectivity index (χ0n) is 19.9. The maximum absolute atomic E-state index is 12.3. The van der Waals surface area contributed by atoms with Crippen molar-refractivity contribution in [1.29, 1.82) is 0 Å². The summed E-state index contributed by atoms with van der Waals surface area (Å²) in [6.07, 6.45) is 0.463. The van der Waals surface area contributed by atoms with Crippen molar-refractivity contribution in [1.82, 2.24) is 0 Å². The molecule has 0 bridgehead atoms. The van der Waals surface area contributed by atoms with E-state index in [1.807, 2.05) is 0 Å². The third-order valence-corrected chi connectivity index (χ3v) is 5.11. The first-order valence-corrected chi connectivity index (χ1v) is 11.7. The Morgan fingerprint density at radius 3 is 1.72 bits per heavy atom. The van der Waals surface area contributed by atoms with E-state index < -0.39 is 32.9 Å². The van der Waals surface area contributed by atoms with Gasteiger partial charge in [-0.3, -0.25) is 4.79 Å². The van der Waals surface area contributed by atoms with Gasteiger partial charge in [-0.15, -0.1) is 0 Å². The zero-order chi connectivity index (χ0) is 26.0. The van der Waals surface area contributed by atoms with E-state index in [2.05, 4.69) is 0 Å². The summed E-state index contributed by atoms with van der Waals surface area (Å²) in [5.74, 6) is -3.26. The molecule has 0 radical (unpaired) electrons. The largest absolute Gasteiger partial charge is 1.00 e. The van der Waals surface area contributed by atoms with E-state index in [4.69, 9.17) is 23.4 Å². The van der Waals surface area contributed by atoms with Crippen molar-refractivity contribution in [2.45, 2.75) is 24.7 Å². The van der Waals surface area contributed by atoms with Crippen LogP contribution in [-0.2, 0) is 29.1 Å². The molecule has 14 heteroatoms. The average molecular weight is 534 g/mol. The Morgan fingerprint density at radius 2 is 1.28 bits per heavy atom. The molecule has 0 aliphatic rings. The smallest absolute Gasteiger partial charge is 0.744 e. The third kappa shape index (κ3) is 9.84. The van der Waals surface area contributed by atoms with Gasteiger partial charge in [-0.25, -0.2) is 22.8 Å². The maximum Gasteiger partial charge on any atom is 1.00 e. The predicted molar refractivity (Wildman–Crippen MR) is 115 cm³/mol. The standard InChI is InChI=1S/C22H24O12S.Na/c1-14(23)18-5-6-19(34-18)22(26)33-10-4-9-32-21(25)16-11-15(12-17(13-16)35(27,28)29)20(24)31-8-3-7-30-2;/h5-6,11-13H,3-4,7-10H2,1-2H3,(H,27,28,29);/q;+1/p-1. The van der Waals surface area contributed by atoms with Crippen LogP contribution in [0.4, 0.5) is 0 Å². The molecule has 36 heavy (non-hydrogen) atoms. The fourth-order valence-corrected chi connectivity index (χ4v) is 3.15. The molecule has 190 valence electrons. The van der Waals surface area contributed by atoms with Crippen LogP contribution < -0.4 is 29.6 Å². The van der Waals surface area contributed by atoms with Gasteiger partial charge in [-0.1, -0.05) is 0 Å². The molecule has 0 amide bonds. The molecule has 2 aromatic rings. The number of carbonyl (C=O) groups is 4. The van der Waals surface area contributed by atoms with E-state index in [9.17, 15) is 32.1 Å². The van der Waals surface area contributed by atoms with Gasteiger partial charge in [0.2, 0.25) is 5.76 Å². The molecule has 0 spiro atoms. The number of hydrogen-bond donors (Lipinski definition) is 0. The average Bonchev–Trinajstić information content (AvgIpc) is 3.31. The number of furan rings is 1. The minimum atomic E-state index is -4.99. The van der Waals surface area contributed by atoms with Gasteiger partial charge in [0.1, 0.15) is 10.1 Å².